The second-order valence-electron chi connectivity index (χ2n) is 4.74. The average Bonchev–Trinajstić information content (AvgIpc) is 2.86. The average molecular weight is 304 g/mol. The molecule has 2 aromatic rings. The molecule has 0 saturated heterocycles. The highest BCUT2D eigenvalue weighted by molar-refractivity contribution is 7.15. The lowest BCUT2D eigenvalue weighted by Crippen LogP contribution is -2.12. The van der Waals surface area contributed by atoms with Gasteiger partial charge in [-0.3, -0.25) is 9.59 Å². The molecule has 2 N–H and O–H groups in total. The normalized spacial score (nSPS) is 10.3. The first-order valence-electron chi connectivity index (χ1n) is 6.55. The minimum absolute atomic E-state index is 0.0395. The van der Waals surface area contributed by atoms with Crippen LogP contribution in [0.3, 0.4) is 0 Å². The molecule has 0 saturated carbocycles. The number of carbonyl (C=O) groups excluding carboxylic acids is 1. The highest BCUT2D eigenvalue weighted by atomic mass is 32.1. The van der Waals surface area contributed by atoms with Crippen molar-refractivity contribution < 1.29 is 14.7 Å². The molecular formula is C15H16N2O3S. The molecule has 0 unspecified atom stereocenters. The first kappa shape index (κ1) is 15.2. The van der Waals surface area contributed by atoms with Gasteiger partial charge in [0.05, 0.1) is 6.42 Å². The summed E-state index contributed by atoms with van der Waals surface area (Å²) in [6.07, 6.45) is 2.29. The van der Waals surface area contributed by atoms with E-state index in [9.17, 15) is 9.59 Å². The molecule has 0 fully saturated rings. The van der Waals surface area contributed by atoms with Crippen molar-refractivity contribution in [2.75, 3.05) is 5.32 Å². The van der Waals surface area contributed by atoms with Gasteiger partial charge in [-0.05, 0) is 12.5 Å². The Hall–Kier alpha value is -2.21. The maximum absolute atomic E-state index is 11.5. The molecule has 21 heavy (non-hydrogen) atoms. The molecule has 0 aliphatic heterocycles. The van der Waals surface area contributed by atoms with Crippen molar-refractivity contribution in [3.8, 4) is 0 Å². The van der Waals surface area contributed by atoms with Gasteiger partial charge in [-0.25, -0.2) is 4.98 Å². The lowest BCUT2D eigenvalue weighted by atomic mass is 10.1. The summed E-state index contributed by atoms with van der Waals surface area (Å²) >= 11 is 1.40. The van der Waals surface area contributed by atoms with E-state index in [-0.39, 0.29) is 18.7 Å². The Labute approximate surface area is 126 Å². The van der Waals surface area contributed by atoms with Crippen LogP contribution in [-0.2, 0) is 16.0 Å². The third-order valence-electron chi connectivity index (χ3n) is 2.86. The molecule has 1 heterocycles. The second-order valence-corrected chi connectivity index (χ2v) is 5.85. The van der Waals surface area contributed by atoms with Gasteiger partial charge in [0.25, 0.3) is 0 Å². The number of nitrogens with one attached hydrogen (secondary N) is 1. The molecule has 0 aliphatic rings. The zero-order valence-corrected chi connectivity index (χ0v) is 12.4. The number of amides is 1. The predicted octanol–water partition coefficient (Wildman–Crippen LogP) is 2.85. The van der Waals surface area contributed by atoms with Gasteiger partial charge in [-0.15, -0.1) is 11.3 Å². The third kappa shape index (κ3) is 5.00. The number of hydrogen-bond donors (Lipinski definition) is 2. The SMILES string of the molecule is Cc1ccc(Cc2cnc(NC(=O)CCC(=O)O)s2)cc1. The predicted molar refractivity (Wildman–Crippen MR) is 81.6 cm³/mol. The molecule has 0 atom stereocenters. The Morgan fingerprint density at radius 3 is 2.62 bits per heavy atom. The molecule has 0 aliphatic carbocycles. The monoisotopic (exact) mass is 304 g/mol. The van der Waals surface area contributed by atoms with Gasteiger partial charge in [0.1, 0.15) is 0 Å². The van der Waals surface area contributed by atoms with E-state index in [0.717, 1.165) is 11.3 Å². The van der Waals surface area contributed by atoms with Gasteiger partial charge in [0.2, 0.25) is 5.91 Å². The fourth-order valence-corrected chi connectivity index (χ4v) is 2.62. The Kier molecular flexibility index (Phi) is 5.05. The first-order chi connectivity index (χ1) is 10.0. The highest BCUT2D eigenvalue weighted by Gasteiger charge is 2.09. The van der Waals surface area contributed by atoms with Crippen LogP contribution in [-0.4, -0.2) is 22.0 Å². The second kappa shape index (κ2) is 6.99. The van der Waals surface area contributed by atoms with Crippen LogP contribution in [0.4, 0.5) is 5.13 Å². The van der Waals surface area contributed by atoms with Gasteiger partial charge in [-0.2, -0.15) is 0 Å². The standard InChI is InChI=1S/C15H16N2O3S/c1-10-2-4-11(5-3-10)8-12-9-16-15(21-12)17-13(18)6-7-14(19)20/h2-5,9H,6-8H2,1H3,(H,19,20)(H,16,17,18). The van der Waals surface area contributed by atoms with Crippen LogP contribution in [0.5, 0.6) is 0 Å². The van der Waals surface area contributed by atoms with Crippen LogP contribution >= 0.6 is 11.3 Å². The molecule has 110 valence electrons. The summed E-state index contributed by atoms with van der Waals surface area (Å²) < 4.78 is 0. The lowest BCUT2D eigenvalue weighted by Gasteiger charge is -2.00. The summed E-state index contributed by atoms with van der Waals surface area (Å²) in [6.45, 7) is 2.04. The molecule has 1 aromatic carbocycles. The van der Waals surface area contributed by atoms with E-state index in [1.807, 2.05) is 6.92 Å². The molecule has 0 bridgehead atoms. The van der Waals surface area contributed by atoms with Crippen LogP contribution in [0.25, 0.3) is 0 Å². The molecule has 6 heteroatoms. The van der Waals surface area contributed by atoms with Crippen molar-refractivity contribution in [2.45, 2.75) is 26.2 Å². The molecule has 0 radical (unpaired) electrons. The molecule has 1 amide bonds. The Morgan fingerprint density at radius 2 is 1.95 bits per heavy atom. The van der Waals surface area contributed by atoms with Crippen molar-refractivity contribution in [1.29, 1.82) is 0 Å². The molecule has 1 aromatic heterocycles. The summed E-state index contributed by atoms with van der Waals surface area (Å²) in [4.78, 5) is 27.1. The van der Waals surface area contributed by atoms with Crippen molar-refractivity contribution in [3.63, 3.8) is 0 Å². The lowest BCUT2D eigenvalue weighted by molar-refractivity contribution is -0.138. The Morgan fingerprint density at radius 1 is 1.24 bits per heavy atom. The van der Waals surface area contributed by atoms with E-state index >= 15 is 0 Å². The number of aromatic nitrogens is 1. The van der Waals surface area contributed by atoms with E-state index in [4.69, 9.17) is 5.11 Å². The number of carbonyl (C=O) groups is 2. The van der Waals surface area contributed by atoms with E-state index in [1.165, 1.54) is 22.5 Å². The van der Waals surface area contributed by atoms with Gasteiger partial charge < -0.3 is 10.4 Å². The third-order valence-corrected chi connectivity index (χ3v) is 3.78. The topological polar surface area (TPSA) is 79.3 Å². The Balaban J connectivity index is 1.90. The number of carboxylic acids is 1. The smallest absolute Gasteiger partial charge is 0.303 e. The first-order valence-corrected chi connectivity index (χ1v) is 7.36. The van der Waals surface area contributed by atoms with Gasteiger partial charge in [0.15, 0.2) is 5.13 Å². The van der Waals surface area contributed by atoms with Gasteiger partial charge in [0, 0.05) is 23.9 Å². The number of rotatable bonds is 6. The maximum atomic E-state index is 11.5. The summed E-state index contributed by atoms with van der Waals surface area (Å²) in [5, 5.41) is 11.6. The summed E-state index contributed by atoms with van der Waals surface area (Å²) in [7, 11) is 0. The number of benzene rings is 1. The molecular weight excluding hydrogens is 288 g/mol. The van der Waals surface area contributed by atoms with Gasteiger partial charge in [-0.1, -0.05) is 29.8 Å². The molecule has 0 spiro atoms. The van der Waals surface area contributed by atoms with Crippen molar-refractivity contribution in [3.05, 3.63) is 46.5 Å². The summed E-state index contributed by atoms with van der Waals surface area (Å²) in [5.74, 6) is -1.31. The number of hydrogen-bond acceptors (Lipinski definition) is 4. The van der Waals surface area contributed by atoms with E-state index in [2.05, 4.69) is 34.6 Å². The number of aliphatic carboxylic acids is 1. The fraction of sp³-hybridized carbons (Fsp3) is 0.267. The summed E-state index contributed by atoms with van der Waals surface area (Å²) in [5.41, 5.74) is 2.41. The number of anilines is 1. The van der Waals surface area contributed by atoms with Gasteiger partial charge >= 0.3 is 5.97 Å². The fourth-order valence-electron chi connectivity index (χ4n) is 1.76. The number of thiazole rings is 1. The van der Waals surface area contributed by atoms with E-state index in [0.29, 0.717) is 5.13 Å². The summed E-state index contributed by atoms with van der Waals surface area (Å²) in [6, 6.07) is 8.26. The largest absolute Gasteiger partial charge is 0.481 e. The van der Waals surface area contributed by atoms with Crippen LogP contribution < -0.4 is 5.32 Å². The van der Waals surface area contributed by atoms with Crippen LogP contribution in [0, 0.1) is 6.92 Å². The molecule has 5 nitrogen and oxygen atoms in total. The van der Waals surface area contributed by atoms with Crippen LogP contribution in [0.1, 0.15) is 28.8 Å². The van der Waals surface area contributed by atoms with Crippen molar-refractivity contribution in [2.24, 2.45) is 0 Å². The van der Waals surface area contributed by atoms with E-state index in [1.54, 1.807) is 6.20 Å². The quantitative estimate of drug-likeness (QED) is 0.860. The molecule has 2 rings (SSSR count). The van der Waals surface area contributed by atoms with Crippen LogP contribution in [0.15, 0.2) is 30.5 Å². The van der Waals surface area contributed by atoms with E-state index < -0.39 is 5.97 Å². The zero-order chi connectivity index (χ0) is 15.2. The minimum atomic E-state index is -0.982. The zero-order valence-electron chi connectivity index (χ0n) is 11.6. The number of nitrogens with zero attached hydrogens (tertiary/aromatic N) is 1. The number of aryl methyl sites for hydroxylation is 1. The van der Waals surface area contributed by atoms with Crippen LogP contribution in [0.2, 0.25) is 0 Å². The Bertz CT molecular complexity index is 635. The minimum Gasteiger partial charge on any atom is -0.481 e. The number of carboxylic acid groups (broad SMARTS) is 1. The highest BCUT2D eigenvalue weighted by Crippen LogP contribution is 2.21. The maximum Gasteiger partial charge on any atom is 0.303 e. The van der Waals surface area contributed by atoms with Crippen molar-refractivity contribution in [1.82, 2.24) is 4.98 Å². The van der Waals surface area contributed by atoms with Crippen molar-refractivity contribution >= 4 is 28.3 Å².